The predicted octanol–water partition coefficient (Wildman–Crippen LogP) is 2.42. The fraction of sp³-hybridized carbons (Fsp3) is 0.375. The van der Waals surface area contributed by atoms with Gasteiger partial charge in [0.2, 0.25) is 0 Å². The molecule has 0 aromatic carbocycles. The zero-order valence-corrected chi connectivity index (χ0v) is 14.9. The minimum atomic E-state index is -0.659. The highest BCUT2D eigenvalue weighted by Crippen LogP contribution is 2.30. The molecule has 0 radical (unpaired) electrons. The molecule has 0 aliphatic carbocycles. The van der Waals surface area contributed by atoms with Crippen LogP contribution in [-0.2, 0) is 16.1 Å². The normalized spacial score (nSPS) is 12.7. The molecule has 3 N–H and O–H groups in total. The van der Waals surface area contributed by atoms with E-state index < -0.39 is 23.5 Å². The van der Waals surface area contributed by atoms with E-state index >= 15 is 0 Å². The Morgan fingerprint density at radius 2 is 1.91 bits per heavy atom. The molecule has 1 unspecified atom stereocenters. The van der Waals surface area contributed by atoms with Gasteiger partial charge in [0.25, 0.3) is 0 Å². The maximum Gasteiger partial charge on any atom is 0.309 e. The Kier molecular flexibility index (Phi) is 5.56. The molecule has 124 valence electrons. The van der Waals surface area contributed by atoms with Crippen molar-refractivity contribution in [3.63, 3.8) is 0 Å². The number of aliphatic hydroxyl groups excluding tert-OH is 1. The maximum atomic E-state index is 11.8. The fourth-order valence-electron chi connectivity index (χ4n) is 1.87. The third-order valence-electron chi connectivity index (χ3n) is 2.88. The summed E-state index contributed by atoms with van der Waals surface area (Å²) >= 11 is 2.91. The van der Waals surface area contributed by atoms with Crippen LogP contribution in [0.2, 0.25) is 0 Å². The van der Waals surface area contributed by atoms with Crippen molar-refractivity contribution in [2.45, 2.75) is 39.0 Å². The van der Waals surface area contributed by atoms with Crippen molar-refractivity contribution in [2.75, 3.05) is 0 Å². The standard InChI is InChI=1S/C16H20N2O3S2/c1-16(2,3)18-15(21)14(20)17-9-10-6-7-12(23-10)13(19)11-5-4-8-22-11/h4-8,13,19H,9H2,1-3H3,(H,17,20)(H,18,21). The summed E-state index contributed by atoms with van der Waals surface area (Å²) in [6.07, 6.45) is -0.645. The van der Waals surface area contributed by atoms with Crippen molar-refractivity contribution in [3.05, 3.63) is 44.3 Å². The van der Waals surface area contributed by atoms with Crippen LogP contribution in [0.15, 0.2) is 29.6 Å². The summed E-state index contributed by atoms with van der Waals surface area (Å²) in [5, 5.41) is 17.4. The zero-order valence-electron chi connectivity index (χ0n) is 13.3. The fourth-order valence-corrected chi connectivity index (χ4v) is 3.63. The lowest BCUT2D eigenvalue weighted by Gasteiger charge is -2.19. The highest BCUT2D eigenvalue weighted by molar-refractivity contribution is 7.12. The number of carbonyl (C=O) groups is 2. The maximum absolute atomic E-state index is 11.8. The number of amides is 2. The van der Waals surface area contributed by atoms with Crippen LogP contribution in [0.1, 0.15) is 41.5 Å². The first-order valence-electron chi connectivity index (χ1n) is 7.17. The highest BCUT2D eigenvalue weighted by Gasteiger charge is 2.20. The zero-order chi connectivity index (χ0) is 17.0. The van der Waals surface area contributed by atoms with E-state index in [1.807, 2.05) is 50.4 Å². The Hall–Kier alpha value is -1.70. The van der Waals surface area contributed by atoms with Crippen molar-refractivity contribution < 1.29 is 14.7 Å². The Bertz CT molecular complexity index is 672. The van der Waals surface area contributed by atoms with Crippen LogP contribution in [-0.4, -0.2) is 22.5 Å². The first kappa shape index (κ1) is 17.7. The largest absolute Gasteiger partial charge is 0.382 e. The second-order valence-electron chi connectivity index (χ2n) is 6.11. The minimum absolute atomic E-state index is 0.262. The van der Waals surface area contributed by atoms with Gasteiger partial charge in [-0.1, -0.05) is 6.07 Å². The van der Waals surface area contributed by atoms with E-state index in [4.69, 9.17) is 0 Å². The average molecular weight is 352 g/mol. The monoisotopic (exact) mass is 352 g/mol. The van der Waals surface area contributed by atoms with Crippen molar-refractivity contribution >= 4 is 34.5 Å². The quantitative estimate of drug-likeness (QED) is 0.740. The van der Waals surface area contributed by atoms with Gasteiger partial charge in [-0.05, 0) is 44.4 Å². The molecule has 2 aromatic heterocycles. The van der Waals surface area contributed by atoms with Crippen molar-refractivity contribution in [3.8, 4) is 0 Å². The van der Waals surface area contributed by atoms with Crippen LogP contribution in [0.5, 0.6) is 0 Å². The van der Waals surface area contributed by atoms with Crippen LogP contribution in [0.25, 0.3) is 0 Å². The van der Waals surface area contributed by atoms with E-state index in [-0.39, 0.29) is 6.54 Å². The number of nitrogens with one attached hydrogen (secondary N) is 2. The van der Waals surface area contributed by atoms with Crippen LogP contribution >= 0.6 is 22.7 Å². The van der Waals surface area contributed by atoms with Crippen molar-refractivity contribution in [1.82, 2.24) is 10.6 Å². The van der Waals surface area contributed by atoms with Crippen LogP contribution in [0.3, 0.4) is 0 Å². The minimum Gasteiger partial charge on any atom is -0.382 e. The smallest absolute Gasteiger partial charge is 0.309 e. The van der Waals surface area contributed by atoms with Gasteiger partial charge in [0, 0.05) is 20.2 Å². The number of thiophene rings is 2. The molecular formula is C16H20N2O3S2. The molecule has 0 saturated heterocycles. The first-order chi connectivity index (χ1) is 10.8. The molecule has 5 nitrogen and oxygen atoms in total. The molecule has 0 fully saturated rings. The van der Waals surface area contributed by atoms with Gasteiger partial charge in [-0.2, -0.15) is 0 Å². The van der Waals surface area contributed by atoms with E-state index in [1.54, 1.807) is 0 Å². The Labute approximate surface area is 143 Å². The molecule has 1 atom stereocenters. The molecule has 2 rings (SSSR count). The summed E-state index contributed by atoms with van der Waals surface area (Å²) in [7, 11) is 0. The lowest BCUT2D eigenvalue weighted by atomic mass is 10.1. The highest BCUT2D eigenvalue weighted by atomic mass is 32.1. The summed E-state index contributed by atoms with van der Waals surface area (Å²) < 4.78 is 0. The van der Waals surface area contributed by atoms with Gasteiger partial charge in [0.05, 0.1) is 6.54 Å². The topological polar surface area (TPSA) is 78.4 Å². The van der Waals surface area contributed by atoms with Crippen molar-refractivity contribution in [1.29, 1.82) is 0 Å². The molecule has 2 aromatic rings. The molecule has 0 spiro atoms. The molecule has 2 heterocycles. The number of hydrogen-bond donors (Lipinski definition) is 3. The lowest BCUT2D eigenvalue weighted by molar-refractivity contribution is -0.140. The molecule has 23 heavy (non-hydrogen) atoms. The van der Waals surface area contributed by atoms with Gasteiger partial charge in [0.1, 0.15) is 6.10 Å². The number of rotatable bonds is 4. The van der Waals surface area contributed by atoms with Gasteiger partial charge in [-0.15, -0.1) is 22.7 Å². The summed E-state index contributed by atoms with van der Waals surface area (Å²) in [6.45, 7) is 5.71. The third kappa shape index (κ3) is 5.16. The van der Waals surface area contributed by atoms with Crippen LogP contribution in [0, 0.1) is 0 Å². The third-order valence-corrected chi connectivity index (χ3v) is 4.94. The van der Waals surface area contributed by atoms with Crippen LogP contribution in [0.4, 0.5) is 0 Å². The van der Waals surface area contributed by atoms with Gasteiger partial charge >= 0.3 is 11.8 Å². The molecule has 2 amide bonds. The number of carbonyl (C=O) groups excluding carboxylic acids is 2. The lowest BCUT2D eigenvalue weighted by Crippen LogP contribution is -2.47. The number of hydrogen-bond acceptors (Lipinski definition) is 5. The van der Waals surface area contributed by atoms with Gasteiger partial charge in [-0.3, -0.25) is 9.59 Å². The van der Waals surface area contributed by atoms with E-state index in [9.17, 15) is 14.7 Å². The van der Waals surface area contributed by atoms with E-state index in [1.165, 1.54) is 22.7 Å². The molecular weight excluding hydrogens is 332 g/mol. The molecule has 0 aliphatic rings. The van der Waals surface area contributed by atoms with E-state index in [0.717, 1.165) is 14.6 Å². The summed E-state index contributed by atoms with van der Waals surface area (Å²) in [6, 6.07) is 7.46. The van der Waals surface area contributed by atoms with Crippen LogP contribution < -0.4 is 10.6 Å². The van der Waals surface area contributed by atoms with E-state index in [2.05, 4.69) is 10.6 Å². The van der Waals surface area contributed by atoms with Gasteiger partial charge in [-0.25, -0.2) is 0 Å². The second-order valence-corrected chi connectivity index (χ2v) is 8.29. The molecule has 7 heteroatoms. The SMILES string of the molecule is CC(C)(C)NC(=O)C(=O)NCc1ccc(C(O)c2cccs2)s1. The summed E-state index contributed by atoms with van der Waals surface area (Å²) in [5.41, 5.74) is -0.449. The molecule has 0 aliphatic heterocycles. The summed E-state index contributed by atoms with van der Waals surface area (Å²) in [5.74, 6) is -1.30. The molecule has 0 saturated carbocycles. The predicted molar refractivity (Wildman–Crippen MR) is 92.4 cm³/mol. The Morgan fingerprint density at radius 3 is 2.52 bits per heavy atom. The Morgan fingerprint density at radius 1 is 1.17 bits per heavy atom. The van der Waals surface area contributed by atoms with Gasteiger partial charge < -0.3 is 15.7 Å². The Balaban J connectivity index is 1.90. The van der Waals surface area contributed by atoms with E-state index in [0.29, 0.717) is 0 Å². The number of aliphatic hydroxyl groups is 1. The second kappa shape index (κ2) is 7.25. The van der Waals surface area contributed by atoms with Crippen molar-refractivity contribution in [2.24, 2.45) is 0 Å². The average Bonchev–Trinajstić information content (AvgIpc) is 3.13. The van der Waals surface area contributed by atoms with Gasteiger partial charge in [0.15, 0.2) is 0 Å². The summed E-state index contributed by atoms with van der Waals surface area (Å²) in [4.78, 5) is 26.0. The first-order valence-corrected chi connectivity index (χ1v) is 8.86. The molecule has 0 bridgehead atoms.